The van der Waals surface area contributed by atoms with E-state index in [1.807, 2.05) is 18.2 Å². The molecule has 2 aromatic rings. The molecule has 0 radical (unpaired) electrons. The lowest BCUT2D eigenvalue weighted by molar-refractivity contribution is -0.122. The molecule has 1 N–H and O–H groups in total. The van der Waals surface area contributed by atoms with E-state index in [2.05, 4.69) is 19.2 Å². The molecule has 1 aliphatic heterocycles. The van der Waals surface area contributed by atoms with Gasteiger partial charge in [0, 0.05) is 18.8 Å². The maximum atomic E-state index is 12.9. The number of carbonyl (C=O) groups excluding carboxylic acids is 1. The number of piperidine rings is 1. The maximum Gasteiger partial charge on any atom is 0.265 e. The number of carbonyl (C=O) groups is 1. The second kappa shape index (κ2) is 8.97. The third-order valence-electron chi connectivity index (χ3n) is 5.02. The van der Waals surface area contributed by atoms with Gasteiger partial charge in [-0.1, -0.05) is 32.0 Å². The van der Waals surface area contributed by atoms with Gasteiger partial charge in [0.25, 0.3) is 5.91 Å². The Morgan fingerprint density at radius 3 is 2.21 bits per heavy atom. The van der Waals surface area contributed by atoms with Crippen LogP contribution in [0.4, 0.5) is 5.69 Å². The summed E-state index contributed by atoms with van der Waals surface area (Å²) in [4.78, 5) is 12.6. The van der Waals surface area contributed by atoms with Crippen molar-refractivity contribution >= 4 is 21.6 Å². The van der Waals surface area contributed by atoms with Crippen molar-refractivity contribution in [2.24, 2.45) is 11.8 Å². The summed E-state index contributed by atoms with van der Waals surface area (Å²) in [6.45, 7) is 6.91. The maximum absolute atomic E-state index is 12.9. The van der Waals surface area contributed by atoms with Crippen molar-refractivity contribution in [1.82, 2.24) is 4.31 Å². The minimum atomic E-state index is -3.53. The molecule has 1 fully saturated rings. The average molecular weight is 417 g/mol. The molecule has 0 aliphatic carbocycles. The van der Waals surface area contributed by atoms with Crippen molar-refractivity contribution in [3.63, 3.8) is 0 Å². The lowest BCUT2D eigenvalue weighted by Gasteiger charge is -2.34. The van der Waals surface area contributed by atoms with Crippen molar-refractivity contribution in [3.05, 3.63) is 54.6 Å². The molecule has 0 bridgehead atoms. The van der Waals surface area contributed by atoms with Crippen LogP contribution in [0.1, 0.15) is 27.2 Å². The predicted molar refractivity (Wildman–Crippen MR) is 113 cm³/mol. The van der Waals surface area contributed by atoms with Crippen LogP contribution in [-0.4, -0.2) is 37.8 Å². The molecule has 1 amide bonds. The van der Waals surface area contributed by atoms with E-state index >= 15 is 0 Å². The van der Waals surface area contributed by atoms with Crippen molar-refractivity contribution in [2.75, 3.05) is 18.4 Å². The third-order valence-corrected chi connectivity index (χ3v) is 6.87. The van der Waals surface area contributed by atoms with Crippen LogP contribution in [0.2, 0.25) is 0 Å². The Kier molecular flexibility index (Phi) is 6.59. The van der Waals surface area contributed by atoms with Crippen LogP contribution in [0.3, 0.4) is 0 Å². The van der Waals surface area contributed by atoms with Crippen LogP contribution in [0.15, 0.2) is 59.5 Å². The van der Waals surface area contributed by atoms with E-state index in [0.717, 1.165) is 6.42 Å². The summed E-state index contributed by atoms with van der Waals surface area (Å²) in [5.41, 5.74) is 0.526. The van der Waals surface area contributed by atoms with Gasteiger partial charge in [0.2, 0.25) is 10.0 Å². The van der Waals surface area contributed by atoms with Crippen LogP contribution < -0.4 is 10.1 Å². The summed E-state index contributed by atoms with van der Waals surface area (Å²) in [5.74, 6) is 1.00. The summed E-state index contributed by atoms with van der Waals surface area (Å²) in [5, 5.41) is 2.76. The quantitative estimate of drug-likeness (QED) is 0.778. The highest BCUT2D eigenvalue weighted by Gasteiger charge is 2.31. The topological polar surface area (TPSA) is 75.7 Å². The predicted octanol–water partition coefficient (Wildman–Crippen LogP) is 3.76. The van der Waals surface area contributed by atoms with Crippen molar-refractivity contribution in [3.8, 4) is 5.75 Å². The number of nitrogens with one attached hydrogen (secondary N) is 1. The summed E-state index contributed by atoms with van der Waals surface area (Å²) < 4.78 is 33.1. The summed E-state index contributed by atoms with van der Waals surface area (Å²) in [6.07, 6.45) is 0.359. The smallest absolute Gasteiger partial charge is 0.265 e. The molecule has 7 heteroatoms. The van der Waals surface area contributed by atoms with E-state index in [9.17, 15) is 13.2 Å². The van der Waals surface area contributed by atoms with Gasteiger partial charge in [0.15, 0.2) is 6.10 Å². The van der Waals surface area contributed by atoms with Crippen LogP contribution in [0.25, 0.3) is 0 Å². The normalized spacial score (nSPS) is 21.3. The van der Waals surface area contributed by atoms with Crippen molar-refractivity contribution < 1.29 is 17.9 Å². The fourth-order valence-corrected chi connectivity index (χ4v) is 5.34. The van der Waals surface area contributed by atoms with Crippen molar-refractivity contribution in [1.29, 1.82) is 0 Å². The Hall–Kier alpha value is -2.38. The highest BCUT2D eigenvalue weighted by atomic mass is 32.2. The second-order valence-corrected chi connectivity index (χ2v) is 9.79. The number of hydrogen-bond acceptors (Lipinski definition) is 4. The molecule has 0 saturated carbocycles. The molecular weight excluding hydrogens is 388 g/mol. The Balaban J connectivity index is 1.64. The first-order valence-corrected chi connectivity index (χ1v) is 11.3. The van der Waals surface area contributed by atoms with E-state index in [1.54, 1.807) is 35.5 Å². The molecule has 156 valence electrons. The summed E-state index contributed by atoms with van der Waals surface area (Å²) in [6, 6.07) is 15.4. The van der Waals surface area contributed by atoms with Crippen LogP contribution in [0, 0.1) is 11.8 Å². The molecule has 2 aromatic carbocycles. The van der Waals surface area contributed by atoms with Gasteiger partial charge >= 0.3 is 0 Å². The SMILES string of the molecule is C[C@@H]1C[C@@H](C)CN(S(=O)(=O)c2ccc(NC(=O)[C@@H](C)Oc3ccccc3)cc2)C1. The standard InChI is InChI=1S/C22H28N2O4S/c1-16-13-17(2)15-24(14-16)29(26,27)21-11-9-19(10-12-21)23-22(25)18(3)28-20-7-5-4-6-8-20/h4-12,16-18H,13-15H2,1-3H3,(H,23,25)/t16-,17-,18-/m1/s1. The van der Waals surface area contributed by atoms with E-state index in [0.29, 0.717) is 36.4 Å². The fraction of sp³-hybridized carbons (Fsp3) is 0.409. The van der Waals surface area contributed by atoms with Crippen LogP contribution >= 0.6 is 0 Å². The van der Waals surface area contributed by atoms with Gasteiger partial charge in [-0.2, -0.15) is 4.31 Å². The number of para-hydroxylation sites is 1. The lowest BCUT2D eigenvalue weighted by Crippen LogP contribution is -2.42. The van der Waals surface area contributed by atoms with E-state index in [-0.39, 0.29) is 10.8 Å². The zero-order valence-electron chi connectivity index (χ0n) is 17.0. The summed E-state index contributed by atoms with van der Waals surface area (Å²) >= 11 is 0. The molecule has 1 saturated heterocycles. The number of anilines is 1. The Labute approximate surface area is 172 Å². The number of nitrogens with zero attached hydrogens (tertiary/aromatic N) is 1. The minimum Gasteiger partial charge on any atom is -0.481 e. The van der Waals surface area contributed by atoms with E-state index in [1.165, 1.54) is 12.1 Å². The molecule has 3 atom stereocenters. The molecule has 1 heterocycles. The fourth-order valence-electron chi connectivity index (χ4n) is 3.66. The number of amides is 1. The van der Waals surface area contributed by atoms with E-state index < -0.39 is 16.1 Å². The monoisotopic (exact) mass is 416 g/mol. The van der Waals surface area contributed by atoms with Gasteiger partial charge in [-0.25, -0.2) is 8.42 Å². The minimum absolute atomic E-state index is 0.241. The number of sulfonamides is 1. The molecule has 6 nitrogen and oxygen atoms in total. The highest BCUT2D eigenvalue weighted by Crippen LogP contribution is 2.27. The first-order valence-electron chi connectivity index (χ1n) is 9.88. The highest BCUT2D eigenvalue weighted by molar-refractivity contribution is 7.89. The molecule has 0 unspecified atom stereocenters. The number of benzene rings is 2. The van der Waals surface area contributed by atoms with Crippen LogP contribution in [-0.2, 0) is 14.8 Å². The number of hydrogen-bond donors (Lipinski definition) is 1. The molecule has 0 aromatic heterocycles. The van der Waals surface area contributed by atoms with Crippen LogP contribution in [0.5, 0.6) is 5.75 Å². The first kappa shape index (κ1) is 21.3. The average Bonchev–Trinajstić information content (AvgIpc) is 2.68. The van der Waals surface area contributed by atoms with Gasteiger partial charge < -0.3 is 10.1 Å². The van der Waals surface area contributed by atoms with E-state index in [4.69, 9.17) is 4.74 Å². The Morgan fingerprint density at radius 1 is 1.03 bits per heavy atom. The molecule has 3 rings (SSSR count). The second-order valence-electron chi connectivity index (χ2n) is 7.85. The first-order chi connectivity index (χ1) is 13.8. The third kappa shape index (κ3) is 5.36. The van der Waals surface area contributed by atoms with Gasteiger partial charge in [0.05, 0.1) is 4.90 Å². The molecule has 1 aliphatic rings. The molecular formula is C22H28N2O4S. The molecule has 29 heavy (non-hydrogen) atoms. The largest absolute Gasteiger partial charge is 0.481 e. The zero-order valence-corrected chi connectivity index (χ0v) is 17.9. The zero-order chi connectivity index (χ0) is 21.0. The Morgan fingerprint density at radius 2 is 1.62 bits per heavy atom. The van der Waals surface area contributed by atoms with Gasteiger partial charge in [-0.3, -0.25) is 4.79 Å². The summed E-state index contributed by atoms with van der Waals surface area (Å²) in [7, 11) is -3.53. The number of ether oxygens (including phenoxy) is 1. The lowest BCUT2D eigenvalue weighted by atomic mass is 9.94. The number of rotatable bonds is 6. The van der Waals surface area contributed by atoms with Gasteiger partial charge in [-0.15, -0.1) is 0 Å². The Bertz CT molecular complexity index is 919. The van der Waals surface area contributed by atoms with Gasteiger partial charge in [0.1, 0.15) is 5.75 Å². The molecule has 0 spiro atoms. The van der Waals surface area contributed by atoms with Crippen molar-refractivity contribution in [2.45, 2.75) is 38.2 Å². The van der Waals surface area contributed by atoms with Gasteiger partial charge in [-0.05, 0) is 61.6 Å².